The summed E-state index contributed by atoms with van der Waals surface area (Å²) in [7, 11) is 0. The van der Waals surface area contributed by atoms with Gasteiger partial charge in [-0.2, -0.15) is 0 Å². The minimum Gasteiger partial charge on any atom is -0.493 e. The third-order valence-corrected chi connectivity index (χ3v) is 5.23. The Balaban J connectivity index is 3.03. The van der Waals surface area contributed by atoms with Crippen LogP contribution in [0.15, 0.2) is 18.2 Å². The van der Waals surface area contributed by atoms with E-state index in [4.69, 9.17) is 4.74 Å². The van der Waals surface area contributed by atoms with Gasteiger partial charge in [0.25, 0.3) is 0 Å². The Bertz CT molecular complexity index is 521. The first kappa shape index (κ1) is 20.5. The number of unbranched alkanes of at least 4 members (excludes halogenated alkanes) is 1. The number of hydrogen-bond donors (Lipinski definition) is 1. The Hall–Kier alpha value is -1.51. The number of ether oxygens (including phenoxy) is 1. The van der Waals surface area contributed by atoms with Crippen molar-refractivity contribution in [2.45, 2.75) is 78.1 Å². The molecular formula is C21H34NO2. The fourth-order valence-electron chi connectivity index (χ4n) is 2.83. The van der Waals surface area contributed by atoms with Gasteiger partial charge in [0, 0.05) is 12.1 Å². The average molecular weight is 333 g/mol. The van der Waals surface area contributed by atoms with Gasteiger partial charge in [-0.1, -0.05) is 53.7 Å². The van der Waals surface area contributed by atoms with Gasteiger partial charge in [0.05, 0.1) is 6.61 Å². The summed E-state index contributed by atoms with van der Waals surface area (Å²) in [5.74, 6) is 1.01. The number of amides is 1. The van der Waals surface area contributed by atoms with E-state index < -0.39 is 0 Å². The maximum absolute atomic E-state index is 10.1. The zero-order valence-corrected chi connectivity index (χ0v) is 16.3. The molecule has 3 heteroatoms. The van der Waals surface area contributed by atoms with Gasteiger partial charge in [-0.25, -0.2) is 0 Å². The SMILES string of the molecule is CCC(C)(C)c1cccc(OCCCCN[C]=O)c1C(C)(C)CC. The van der Waals surface area contributed by atoms with E-state index in [2.05, 4.69) is 65.1 Å². The molecule has 0 aliphatic rings. The normalized spacial score (nSPS) is 12.1. The standard InChI is InChI=1S/C21H34NO2/c1-7-20(3,4)17-12-11-13-18(19(17)21(5,6)8-2)24-15-10-9-14-22-16-23/h11-13H,7-10,14-15H2,1-6H3,(H,22,23). The summed E-state index contributed by atoms with van der Waals surface area (Å²) in [6.45, 7) is 15.0. The van der Waals surface area contributed by atoms with Crippen LogP contribution in [-0.4, -0.2) is 19.6 Å². The van der Waals surface area contributed by atoms with Crippen LogP contribution in [0.5, 0.6) is 5.75 Å². The van der Waals surface area contributed by atoms with Gasteiger partial charge in [0.15, 0.2) is 0 Å². The van der Waals surface area contributed by atoms with Crippen molar-refractivity contribution < 1.29 is 9.53 Å². The molecule has 0 spiro atoms. The first-order valence-corrected chi connectivity index (χ1v) is 9.17. The number of hydrogen-bond acceptors (Lipinski definition) is 2. The van der Waals surface area contributed by atoms with Crippen LogP contribution in [0, 0.1) is 0 Å². The fourth-order valence-corrected chi connectivity index (χ4v) is 2.83. The summed E-state index contributed by atoms with van der Waals surface area (Å²) in [5.41, 5.74) is 2.95. The zero-order valence-electron chi connectivity index (χ0n) is 16.3. The summed E-state index contributed by atoms with van der Waals surface area (Å²) in [6, 6.07) is 6.46. The lowest BCUT2D eigenvalue weighted by molar-refractivity contribution is 0.294. The van der Waals surface area contributed by atoms with Gasteiger partial charge in [-0.05, 0) is 48.1 Å². The van der Waals surface area contributed by atoms with Crippen LogP contribution in [0.4, 0.5) is 0 Å². The number of nitrogens with one attached hydrogen (secondary N) is 1. The van der Waals surface area contributed by atoms with Crippen molar-refractivity contribution in [3.8, 4) is 5.75 Å². The molecule has 1 radical (unpaired) electrons. The molecule has 1 rings (SSSR count). The van der Waals surface area contributed by atoms with Gasteiger partial charge in [-0.15, -0.1) is 0 Å². The van der Waals surface area contributed by atoms with Crippen LogP contribution in [0.2, 0.25) is 0 Å². The predicted molar refractivity (Wildman–Crippen MR) is 102 cm³/mol. The molecule has 0 unspecified atom stereocenters. The Morgan fingerprint density at radius 3 is 2.29 bits per heavy atom. The highest BCUT2D eigenvalue weighted by molar-refractivity contribution is 5.48. The van der Waals surface area contributed by atoms with Crippen LogP contribution in [0.25, 0.3) is 0 Å². The predicted octanol–water partition coefficient (Wildman–Crippen LogP) is 4.88. The van der Waals surface area contributed by atoms with Crippen molar-refractivity contribution in [2.24, 2.45) is 0 Å². The number of carbonyl (C=O) groups excluding carboxylic acids is 1. The Labute approximate surface area is 148 Å². The molecule has 0 aromatic heterocycles. The molecule has 1 aromatic rings. The van der Waals surface area contributed by atoms with E-state index in [1.54, 1.807) is 6.41 Å². The molecule has 1 amide bonds. The van der Waals surface area contributed by atoms with E-state index in [-0.39, 0.29) is 10.8 Å². The largest absolute Gasteiger partial charge is 0.493 e. The van der Waals surface area contributed by atoms with Crippen molar-refractivity contribution in [2.75, 3.05) is 13.2 Å². The van der Waals surface area contributed by atoms with Crippen LogP contribution >= 0.6 is 0 Å². The first-order valence-electron chi connectivity index (χ1n) is 9.17. The van der Waals surface area contributed by atoms with Gasteiger partial charge in [0.2, 0.25) is 0 Å². The lowest BCUT2D eigenvalue weighted by Gasteiger charge is -2.35. The Kier molecular flexibility index (Phi) is 7.78. The minimum atomic E-state index is 0.0758. The highest BCUT2D eigenvalue weighted by Crippen LogP contribution is 2.42. The summed E-state index contributed by atoms with van der Waals surface area (Å²) in [4.78, 5) is 10.1. The maximum Gasteiger partial charge on any atom is 0.309 e. The summed E-state index contributed by atoms with van der Waals surface area (Å²) < 4.78 is 6.16. The second-order valence-corrected chi connectivity index (χ2v) is 7.74. The van der Waals surface area contributed by atoms with Crippen LogP contribution < -0.4 is 10.1 Å². The summed E-state index contributed by atoms with van der Waals surface area (Å²) in [6.07, 6.45) is 5.69. The molecule has 0 fully saturated rings. The Morgan fingerprint density at radius 1 is 1.04 bits per heavy atom. The first-order chi connectivity index (χ1) is 11.3. The lowest BCUT2D eigenvalue weighted by Crippen LogP contribution is -2.26. The molecule has 0 atom stereocenters. The molecule has 0 saturated heterocycles. The molecule has 3 nitrogen and oxygen atoms in total. The smallest absolute Gasteiger partial charge is 0.309 e. The molecule has 135 valence electrons. The maximum atomic E-state index is 10.1. The molecular weight excluding hydrogens is 298 g/mol. The molecule has 1 N–H and O–H groups in total. The lowest BCUT2D eigenvalue weighted by atomic mass is 9.71. The van der Waals surface area contributed by atoms with Crippen molar-refractivity contribution in [1.29, 1.82) is 0 Å². The van der Waals surface area contributed by atoms with Gasteiger partial charge < -0.3 is 10.1 Å². The van der Waals surface area contributed by atoms with Crippen molar-refractivity contribution in [1.82, 2.24) is 5.32 Å². The van der Waals surface area contributed by atoms with Gasteiger partial charge >= 0.3 is 6.41 Å². The summed E-state index contributed by atoms with van der Waals surface area (Å²) >= 11 is 0. The van der Waals surface area contributed by atoms with Crippen LogP contribution in [0.3, 0.4) is 0 Å². The third kappa shape index (κ3) is 5.25. The second-order valence-electron chi connectivity index (χ2n) is 7.74. The minimum absolute atomic E-state index is 0.0758. The van der Waals surface area contributed by atoms with E-state index in [1.165, 1.54) is 11.1 Å². The number of benzene rings is 1. The molecule has 0 bridgehead atoms. The van der Waals surface area contributed by atoms with Gasteiger partial charge in [0.1, 0.15) is 5.75 Å². The highest BCUT2D eigenvalue weighted by atomic mass is 16.5. The van der Waals surface area contributed by atoms with Crippen molar-refractivity contribution in [3.05, 3.63) is 29.3 Å². The third-order valence-electron chi connectivity index (χ3n) is 5.23. The molecule has 1 aromatic carbocycles. The van der Waals surface area contributed by atoms with Crippen molar-refractivity contribution >= 4 is 6.41 Å². The van der Waals surface area contributed by atoms with E-state index in [0.29, 0.717) is 13.2 Å². The average Bonchev–Trinajstić information content (AvgIpc) is 2.57. The second kappa shape index (κ2) is 9.10. The molecule has 24 heavy (non-hydrogen) atoms. The Morgan fingerprint density at radius 2 is 1.71 bits per heavy atom. The van der Waals surface area contributed by atoms with E-state index in [1.807, 2.05) is 0 Å². The fraction of sp³-hybridized carbons (Fsp3) is 0.667. The van der Waals surface area contributed by atoms with E-state index >= 15 is 0 Å². The molecule has 0 saturated carbocycles. The molecule has 0 aliphatic heterocycles. The molecule has 0 heterocycles. The highest BCUT2D eigenvalue weighted by Gasteiger charge is 2.31. The van der Waals surface area contributed by atoms with Crippen molar-refractivity contribution in [3.63, 3.8) is 0 Å². The van der Waals surface area contributed by atoms with E-state index in [0.717, 1.165) is 31.4 Å². The zero-order chi connectivity index (χ0) is 18.2. The topological polar surface area (TPSA) is 38.3 Å². The van der Waals surface area contributed by atoms with Gasteiger partial charge in [-0.3, -0.25) is 4.79 Å². The monoisotopic (exact) mass is 332 g/mol. The summed E-state index contributed by atoms with van der Waals surface area (Å²) in [5, 5.41) is 2.57. The van der Waals surface area contributed by atoms with E-state index in [9.17, 15) is 4.79 Å². The molecule has 0 aliphatic carbocycles. The van der Waals surface area contributed by atoms with Crippen LogP contribution in [-0.2, 0) is 15.6 Å². The quantitative estimate of drug-likeness (QED) is 0.463. The number of rotatable bonds is 11. The van der Waals surface area contributed by atoms with Crippen LogP contribution in [0.1, 0.15) is 78.4 Å².